The second-order valence-electron chi connectivity index (χ2n) is 9.64. The molecule has 10 nitrogen and oxygen atoms in total. The first-order valence-electron chi connectivity index (χ1n) is 13.0. The highest BCUT2D eigenvalue weighted by atomic mass is 19.4. The van der Waals surface area contributed by atoms with Crippen molar-refractivity contribution in [2.45, 2.75) is 32.3 Å². The minimum absolute atomic E-state index is 0.0136. The van der Waals surface area contributed by atoms with E-state index >= 15 is 0 Å². The number of fused-ring (bicyclic) bond motifs is 1. The summed E-state index contributed by atoms with van der Waals surface area (Å²) in [5.41, 5.74) is 0.994. The summed E-state index contributed by atoms with van der Waals surface area (Å²) < 4.78 is 43.6. The molecular weight excluding hydrogens is 567 g/mol. The maximum Gasteiger partial charge on any atom is 0.573 e. The molecule has 0 aliphatic carbocycles. The van der Waals surface area contributed by atoms with Crippen molar-refractivity contribution >= 4 is 16.9 Å². The summed E-state index contributed by atoms with van der Waals surface area (Å²) >= 11 is 0. The number of ether oxygens (including phenoxy) is 1. The van der Waals surface area contributed by atoms with Gasteiger partial charge in [-0.05, 0) is 67.1 Å². The molecule has 3 heterocycles. The van der Waals surface area contributed by atoms with Crippen LogP contribution in [0.1, 0.15) is 29.9 Å². The Morgan fingerprint density at radius 3 is 2.47 bits per heavy atom. The van der Waals surface area contributed by atoms with Crippen molar-refractivity contribution < 1.29 is 32.5 Å². The number of rotatable bonds is 8. The van der Waals surface area contributed by atoms with E-state index in [1.54, 1.807) is 25.1 Å². The van der Waals surface area contributed by atoms with Crippen molar-refractivity contribution in [2.24, 2.45) is 0 Å². The van der Waals surface area contributed by atoms with Gasteiger partial charge in [0.05, 0.1) is 30.1 Å². The van der Waals surface area contributed by atoms with E-state index in [-0.39, 0.29) is 35.6 Å². The fourth-order valence-electron chi connectivity index (χ4n) is 4.62. The molecule has 0 radical (unpaired) electrons. The molecule has 0 spiro atoms. The summed E-state index contributed by atoms with van der Waals surface area (Å²) in [6.07, 6.45) is -0.982. The third-order valence-electron chi connectivity index (χ3n) is 6.64. The molecule has 0 aliphatic rings. The van der Waals surface area contributed by atoms with Crippen LogP contribution >= 0.6 is 0 Å². The zero-order chi connectivity index (χ0) is 30.7. The number of phenolic OH excluding ortho intramolecular Hbond substituents is 1. The fourth-order valence-corrected chi connectivity index (χ4v) is 4.62. The lowest BCUT2D eigenvalue weighted by atomic mass is 10.1. The minimum Gasteiger partial charge on any atom is -0.619 e. The normalized spacial score (nSPS) is 12.2. The van der Waals surface area contributed by atoms with E-state index < -0.39 is 29.6 Å². The first kappa shape index (κ1) is 29.0. The van der Waals surface area contributed by atoms with Gasteiger partial charge in [0.2, 0.25) is 5.91 Å². The van der Waals surface area contributed by atoms with Crippen molar-refractivity contribution in [1.82, 2.24) is 19.4 Å². The number of aromatic hydroxyl groups is 1. The number of hydrogen-bond donors (Lipinski definition) is 1. The van der Waals surface area contributed by atoms with Crippen LogP contribution in [0.15, 0.2) is 96.2 Å². The number of carbonyl (C=O) groups is 1. The quantitative estimate of drug-likeness (QED) is 0.210. The molecule has 2 aromatic carbocycles. The van der Waals surface area contributed by atoms with Gasteiger partial charge in [0.25, 0.3) is 5.56 Å². The van der Waals surface area contributed by atoms with E-state index in [2.05, 4.69) is 14.7 Å². The van der Waals surface area contributed by atoms with Gasteiger partial charge < -0.3 is 20.0 Å². The predicted molar refractivity (Wildman–Crippen MR) is 148 cm³/mol. The summed E-state index contributed by atoms with van der Waals surface area (Å²) in [7, 11) is 0. The topological polar surface area (TPSA) is 124 Å². The first-order valence-corrected chi connectivity index (χ1v) is 13.0. The van der Waals surface area contributed by atoms with Gasteiger partial charge in [-0.3, -0.25) is 14.2 Å². The zero-order valence-corrected chi connectivity index (χ0v) is 22.6. The van der Waals surface area contributed by atoms with Gasteiger partial charge in [0.15, 0.2) is 18.0 Å². The molecule has 13 heteroatoms. The standard InChI is InChI=1S/C30H24F3N5O5/c1-19(28-35-27-25(5-2-14-34-27)29(41)38(28)22-8-10-23(39)11-9-22)37(18-21-4-3-15-36(42)17-21)26(40)16-20-6-12-24(13-7-20)43-30(31,32)33/h2-15,17,19,39H,16,18H2,1H3/t19-/m1/s1. The van der Waals surface area contributed by atoms with Gasteiger partial charge in [-0.1, -0.05) is 12.1 Å². The molecule has 3 aromatic heterocycles. The van der Waals surface area contributed by atoms with Gasteiger partial charge in [-0.15, -0.1) is 13.2 Å². The molecule has 0 saturated carbocycles. The summed E-state index contributed by atoms with van der Waals surface area (Å²) in [5.74, 6) is -0.731. The molecule has 0 unspecified atom stereocenters. The highest BCUT2D eigenvalue weighted by molar-refractivity contribution is 5.79. The van der Waals surface area contributed by atoms with Crippen molar-refractivity contribution in [3.05, 3.63) is 124 Å². The second-order valence-corrected chi connectivity index (χ2v) is 9.64. The fraction of sp³-hybridized carbons (Fsp3) is 0.167. The molecule has 0 bridgehead atoms. The Morgan fingerprint density at radius 1 is 1.07 bits per heavy atom. The number of amides is 1. The van der Waals surface area contributed by atoms with Gasteiger partial charge in [0.1, 0.15) is 17.3 Å². The van der Waals surface area contributed by atoms with Crippen molar-refractivity contribution in [1.29, 1.82) is 0 Å². The third-order valence-corrected chi connectivity index (χ3v) is 6.64. The monoisotopic (exact) mass is 591 g/mol. The lowest BCUT2D eigenvalue weighted by Crippen LogP contribution is -2.38. The molecular formula is C30H24F3N5O5. The number of nitrogens with zero attached hydrogens (tertiary/aromatic N) is 5. The maximum atomic E-state index is 13.8. The average molecular weight is 592 g/mol. The Bertz CT molecular complexity index is 1830. The highest BCUT2D eigenvalue weighted by Gasteiger charge is 2.31. The molecule has 5 rings (SSSR count). The van der Waals surface area contributed by atoms with Gasteiger partial charge in [0, 0.05) is 17.8 Å². The van der Waals surface area contributed by atoms with E-state index in [1.807, 2.05) is 0 Å². The van der Waals surface area contributed by atoms with E-state index in [1.165, 1.54) is 70.5 Å². The number of pyridine rings is 2. The number of halogens is 3. The van der Waals surface area contributed by atoms with Crippen LogP contribution < -0.4 is 15.0 Å². The number of phenols is 1. The number of alkyl halides is 3. The summed E-state index contributed by atoms with van der Waals surface area (Å²) in [5, 5.41) is 22.1. The average Bonchev–Trinajstić information content (AvgIpc) is 2.96. The van der Waals surface area contributed by atoms with Gasteiger partial charge in [-0.2, -0.15) is 4.73 Å². The smallest absolute Gasteiger partial charge is 0.573 e. The number of hydrogen-bond acceptors (Lipinski definition) is 7. The van der Waals surface area contributed by atoms with Crippen LogP contribution in [-0.2, 0) is 17.8 Å². The Labute approximate surface area is 242 Å². The second kappa shape index (κ2) is 11.8. The third kappa shape index (κ3) is 6.72. The summed E-state index contributed by atoms with van der Waals surface area (Å²) in [6.45, 7) is 1.61. The van der Waals surface area contributed by atoms with Crippen molar-refractivity contribution in [3.8, 4) is 17.2 Å². The van der Waals surface area contributed by atoms with E-state index in [4.69, 9.17) is 0 Å². The SMILES string of the molecule is C[C@H](c1nc2ncccc2c(=O)n1-c1ccc(O)cc1)N(Cc1ccc[n+]([O-])c1)C(=O)Cc1ccc(OC(F)(F)F)cc1. The number of aromatic nitrogens is 4. The molecule has 1 atom stereocenters. The van der Waals surface area contributed by atoms with Gasteiger partial charge >= 0.3 is 6.36 Å². The molecule has 0 aliphatic heterocycles. The van der Waals surface area contributed by atoms with E-state index in [9.17, 15) is 33.1 Å². The lowest BCUT2D eigenvalue weighted by Gasteiger charge is -2.30. The first-order chi connectivity index (χ1) is 20.5. The Hall–Kier alpha value is -5.46. The van der Waals surface area contributed by atoms with Crippen LogP contribution in [-0.4, -0.2) is 36.8 Å². The van der Waals surface area contributed by atoms with Gasteiger partial charge in [-0.25, -0.2) is 9.97 Å². The Kier molecular flexibility index (Phi) is 7.97. The number of benzene rings is 2. The summed E-state index contributed by atoms with van der Waals surface area (Å²) in [6, 6.07) is 16.3. The molecule has 5 aromatic rings. The van der Waals surface area contributed by atoms with Crippen LogP contribution in [0.5, 0.6) is 11.5 Å². The molecule has 1 N–H and O–H groups in total. The van der Waals surface area contributed by atoms with Crippen LogP contribution in [0.2, 0.25) is 0 Å². The lowest BCUT2D eigenvalue weighted by molar-refractivity contribution is -0.605. The van der Waals surface area contributed by atoms with Crippen molar-refractivity contribution in [2.75, 3.05) is 0 Å². The van der Waals surface area contributed by atoms with Crippen LogP contribution in [0.3, 0.4) is 0 Å². The van der Waals surface area contributed by atoms with E-state index in [0.717, 1.165) is 12.1 Å². The van der Waals surface area contributed by atoms with Crippen LogP contribution in [0.25, 0.3) is 16.7 Å². The molecule has 0 fully saturated rings. The molecule has 43 heavy (non-hydrogen) atoms. The summed E-state index contributed by atoms with van der Waals surface area (Å²) in [4.78, 5) is 37.9. The molecule has 0 saturated heterocycles. The minimum atomic E-state index is -4.85. The van der Waals surface area contributed by atoms with Crippen molar-refractivity contribution in [3.63, 3.8) is 0 Å². The Balaban J connectivity index is 1.57. The zero-order valence-electron chi connectivity index (χ0n) is 22.6. The highest BCUT2D eigenvalue weighted by Crippen LogP contribution is 2.27. The molecule has 1 amide bonds. The van der Waals surface area contributed by atoms with E-state index in [0.29, 0.717) is 21.5 Å². The van der Waals surface area contributed by atoms with Crippen LogP contribution in [0, 0.1) is 5.21 Å². The Morgan fingerprint density at radius 2 is 1.79 bits per heavy atom. The largest absolute Gasteiger partial charge is 0.619 e. The number of carbonyl (C=O) groups excluding carboxylic acids is 1. The van der Waals surface area contributed by atoms with Crippen LogP contribution in [0.4, 0.5) is 13.2 Å². The predicted octanol–water partition coefficient (Wildman–Crippen LogP) is 4.35. The molecule has 220 valence electrons. The maximum absolute atomic E-state index is 13.8.